The summed E-state index contributed by atoms with van der Waals surface area (Å²) in [5.74, 6) is -0.807. The van der Waals surface area contributed by atoms with E-state index in [9.17, 15) is 9.59 Å². The monoisotopic (exact) mass is 399 g/mol. The first-order valence-corrected chi connectivity index (χ1v) is 10.0. The van der Waals surface area contributed by atoms with Crippen LogP contribution in [0.3, 0.4) is 0 Å². The van der Waals surface area contributed by atoms with E-state index in [4.69, 9.17) is 5.11 Å². The third kappa shape index (κ3) is 3.99. The number of nitrogens with zero attached hydrogens (tertiary/aromatic N) is 4. The molecule has 146 valence electrons. The van der Waals surface area contributed by atoms with Crippen LogP contribution in [0.1, 0.15) is 23.2 Å². The number of rotatable bonds is 6. The predicted octanol–water partition coefficient (Wildman–Crippen LogP) is 2.22. The van der Waals surface area contributed by atoms with Crippen LogP contribution in [-0.4, -0.2) is 51.2 Å². The molecule has 0 spiro atoms. The highest BCUT2D eigenvalue weighted by Crippen LogP contribution is 2.32. The maximum Gasteiger partial charge on any atom is 0.335 e. The number of nitrogens with one attached hydrogen (secondary N) is 1. The molecule has 1 fully saturated rings. The molecule has 8 nitrogen and oxygen atoms in total. The minimum Gasteiger partial charge on any atom is -0.478 e. The number of carboxylic acid groups (broad SMARTS) is 1. The van der Waals surface area contributed by atoms with Crippen molar-refractivity contribution in [2.24, 2.45) is 5.92 Å². The van der Waals surface area contributed by atoms with Gasteiger partial charge in [0.05, 0.1) is 22.1 Å². The van der Waals surface area contributed by atoms with Gasteiger partial charge < -0.3 is 19.9 Å². The number of carbonyl (C=O) groups excluding carboxylic acids is 1. The Morgan fingerprint density at radius 2 is 2.11 bits per heavy atom. The van der Waals surface area contributed by atoms with Gasteiger partial charge in [0, 0.05) is 44.5 Å². The van der Waals surface area contributed by atoms with Gasteiger partial charge in [-0.2, -0.15) is 0 Å². The molecule has 9 heteroatoms. The molecule has 1 aliphatic heterocycles. The van der Waals surface area contributed by atoms with Crippen molar-refractivity contribution in [3.05, 3.63) is 42.5 Å². The zero-order valence-corrected chi connectivity index (χ0v) is 16.1. The minimum absolute atomic E-state index is 0.0204. The van der Waals surface area contributed by atoms with Crippen LogP contribution in [0.5, 0.6) is 0 Å². The maximum atomic E-state index is 12.4. The fourth-order valence-electron chi connectivity index (χ4n) is 3.39. The van der Waals surface area contributed by atoms with E-state index in [-0.39, 0.29) is 17.4 Å². The summed E-state index contributed by atoms with van der Waals surface area (Å²) < 4.78 is 2.81. The van der Waals surface area contributed by atoms with Gasteiger partial charge in [-0.3, -0.25) is 4.79 Å². The second-order valence-corrected chi connectivity index (χ2v) is 7.85. The summed E-state index contributed by atoms with van der Waals surface area (Å²) in [5.41, 5.74) is 1.08. The highest BCUT2D eigenvalue weighted by Gasteiger charge is 2.26. The van der Waals surface area contributed by atoms with Gasteiger partial charge >= 0.3 is 5.97 Å². The molecule has 28 heavy (non-hydrogen) atoms. The number of hydrogen-bond acceptors (Lipinski definition) is 6. The van der Waals surface area contributed by atoms with E-state index in [0.717, 1.165) is 41.3 Å². The van der Waals surface area contributed by atoms with Crippen molar-refractivity contribution >= 4 is 38.6 Å². The van der Waals surface area contributed by atoms with E-state index in [0.29, 0.717) is 13.1 Å². The standard InChI is InChI=1S/C19H21N5O3S/c25-17(21-6-10-23-9-5-20-12-23)13-3-7-24(8-4-13)19-22-15-2-1-14(18(26)27)11-16(15)28-19/h1-2,5,9,11-13H,3-4,6-8,10H2,(H,21,25)(H,26,27). The molecule has 1 aliphatic rings. The number of benzene rings is 1. The van der Waals surface area contributed by atoms with Crippen LogP contribution in [0.2, 0.25) is 0 Å². The first kappa shape index (κ1) is 18.4. The van der Waals surface area contributed by atoms with Gasteiger partial charge in [-0.15, -0.1) is 0 Å². The Bertz CT molecular complexity index is 977. The van der Waals surface area contributed by atoms with Gasteiger partial charge in [-0.25, -0.2) is 14.8 Å². The number of aromatic carboxylic acids is 1. The molecule has 1 saturated heterocycles. The quantitative estimate of drug-likeness (QED) is 0.659. The van der Waals surface area contributed by atoms with E-state index >= 15 is 0 Å². The number of aromatic nitrogens is 3. The lowest BCUT2D eigenvalue weighted by molar-refractivity contribution is -0.125. The number of carbonyl (C=O) groups is 2. The number of hydrogen-bond donors (Lipinski definition) is 2. The molecular weight excluding hydrogens is 378 g/mol. The molecular formula is C19H21N5O3S. The summed E-state index contributed by atoms with van der Waals surface area (Å²) in [4.78, 5) is 34.3. The predicted molar refractivity (Wildman–Crippen MR) is 107 cm³/mol. The molecule has 2 aromatic heterocycles. The molecule has 1 amide bonds. The number of thiazole rings is 1. The molecule has 0 radical (unpaired) electrons. The lowest BCUT2D eigenvalue weighted by atomic mass is 9.96. The van der Waals surface area contributed by atoms with Crippen LogP contribution >= 0.6 is 11.3 Å². The number of piperidine rings is 1. The first-order chi connectivity index (χ1) is 13.6. The first-order valence-electron chi connectivity index (χ1n) is 9.22. The molecule has 0 saturated carbocycles. The summed E-state index contributed by atoms with van der Waals surface area (Å²) in [6.45, 7) is 2.85. The average Bonchev–Trinajstić information content (AvgIpc) is 3.37. The molecule has 3 heterocycles. The van der Waals surface area contributed by atoms with E-state index in [1.165, 1.54) is 11.3 Å². The molecule has 0 unspecified atom stereocenters. The molecule has 0 bridgehead atoms. The highest BCUT2D eigenvalue weighted by molar-refractivity contribution is 7.22. The Morgan fingerprint density at radius 1 is 1.29 bits per heavy atom. The minimum atomic E-state index is -0.934. The SMILES string of the molecule is O=C(O)c1ccc2nc(N3CCC(C(=O)NCCn4ccnc4)CC3)sc2c1. The number of imidazole rings is 1. The van der Waals surface area contributed by atoms with Gasteiger partial charge in [-0.05, 0) is 31.0 Å². The van der Waals surface area contributed by atoms with Crippen molar-refractivity contribution < 1.29 is 14.7 Å². The second-order valence-electron chi connectivity index (χ2n) is 6.84. The highest BCUT2D eigenvalue weighted by atomic mass is 32.1. The van der Waals surface area contributed by atoms with Gasteiger partial charge in [-0.1, -0.05) is 11.3 Å². The molecule has 1 aromatic carbocycles. The zero-order chi connectivity index (χ0) is 19.5. The summed E-state index contributed by atoms with van der Waals surface area (Å²) >= 11 is 1.50. The van der Waals surface area contributed by atoms with Crippen molar-refractivity contribution in [1.82, 2.24) is 19.9 Å². The topological polar surface area (TPSA) is 100 Å². The van der Waals surface area contributed by atoms with Crippen molar-refractivity contribution in [2.75, 3.05) is 24.5 Å². The average molecular weight is 399 g/mol. The number of anilines is 1. The second kappa shape index (κ2) is 7.97. The summed E-state index contributed by atoms with van der Waals surface area (Å²) in [6, 6.07) is 4.99. The van der Waals surface area contributed by atoms with E-state index in [1.54, 1.807) is 30.7 Å². The maximum absolute atomic E-state index is 12.4. The van der Waals surface area contributed by atoms with Crippen LogP contribution in [0.25, 0.3) is 10.2 Å². The Labute approximate surface area is 165 Å². The van der Waals surface area contributed by atoms with E-state index in [2.05, 4.69) is 20.2 Å². The van der Waals surface area contributed by atoms with Crippen molar-refractivity contribution in [3.8, 4) is 0 Å². The molecule has 2 N–H and O–H groups in total. The van der Waals surface area contributed by atoms with Crippen LogP contribution in [0.15, 0.2) is 36.9 Å². The third-order valence-corrected chi connectivity index (χ3v) is 6.07. The van der Waals surface area contributed by atoms with Gasteiger partial charge in [0.15, 0.2) is 5.13 Å². The number of fused-ring (bicyclic) bond motifs is 1. The fraction of sp³-hybridized carbons (Fsp3) is 0.368. The Balaban J connectivity index is 1.31. The van der Waals surface area contributed by atoms with Crippen molar-refractivity contribution in [3.63, 3.8) is 0 Å². The summed E-state index contributed by atoms with van der Waals surface area (Å²) in [5, 5.41) is 13.0. The van der Waals surface area contributed by atoms with Crippen molar-refractivity contribution in [1.29, 1.82) is 0 Å². The van der Waals surface area contributed by atoms with Crippen LogP contribution < -0.4 is 10.2 Å². The van der Waals surface area contributed by atoms with Crippen LogP contribution in [-0.2, 0) is 11.3 Å². The van der Waals surface area contributed by atoms with Crippen molar-refractivity contribution in [2.45, 2.75) is 19.4 Å². The van der Waals surface area contributed by atoms with Crippen LogP contribution in [0, 0.1) is 5.92 Å². The zero-order valence-electron chi connectivity index (χ0n) is 15.2. The molecule has 4 rings (SSSR count). The van der Waals surface area contributed by atoms with Gasteiger partial charge in [0.2, 0.25) is 5.91 Å². The normalized spacial score (nSPS) is 15.1. The molecule has 3 aromatic rings. The van der Waals surface area contributed by atoms with Crippen LogP contribution in [0.4, 0.5) is 5.13 Å². The Kier molecular flexibility index (Phi) is 5.25. The summed E-state index contributed by atoms with van der Waals surface area (Å²) in [7, 11) is 0. The molecule has 0 atom stereocenters. The Hall–Kier alpha value is -2.94. The third-order valence-electron chi connectivity index (χ3n) is 4.99. The number of carboxylic acids is 1. The van der Waals surface area contributed by atoms with Gasteiger partial charge in [0.25, 0.3) is 0 Å². The Morgan fingerprint density at radius 3 is 2.82 bits per heavy atom. The van der Waals surface area contributed by atoms with E-state index in [1.807, 2.05) is 10.8 Å². The lowest BCUT2D eigenvalue weighted by Crippen LogP contribution is -2.41. The lowest BCUT2D eigenvalue weighted by Gasteiger charge is -2.31. The summed E-state index contributed by atoms with van der Waals surface area (Å²) in [6.07, 6.45) is 6.91. The molecule has 0 aliphatic carbocycles. The fourth-order valence-corrected chi connectivity index (χ4v) is 4.44. The largest absolute Gasteiger partial charge is 0.478 e. The smallest absolute Gasteiger partial charge is 0.335 e. The van der Waals surface area contributed by atoms with Gasteiger partial charge in [0.1, 0.15) is 0 Å². The number of amides is 1. The van der Waals surface area contributed by atoms with E-state index < -0.39 is 5.97 Å².